The molecule has 2 aromatic rings. The fourth-order valence-corrected chi connectivity index (χ4v) is 4.02. The number of halogens is 4. The molecule has 1 aliphatic carbocycles. The number of rotatable bonds is 3. The lowest BCUT2D eigenvalue weighted by atomic mass is 10.1. The maximum atomic E-state index is 12.7. The van der Waals surface area contributed by atoms with Crippen molar-refractivity contribution in [2.24, 2.45) is 0 Å². The summed E-state index contributed by atoms with van der Waals surface area (Å²) < 4.78 is 70.1. The molecule has 2 N–H and O–H groups in total. The fourth-order valence-electron chi connectivity index (χ4n) is 3.05. The molecule has 0 saturated heterocycles. The zero-order chi connectivity index (χ0) is 19.3. The van der Waals surface area contributed by atoms with Crippen molar-refractivity contribution < 1.29 is 26.1 Å². The number of aryl methyl sites for hydroxylation is 1. The molecule has 140 valence electrons. The Labute approximate surface area is 153 Å². The highest BCUT2D eigenvalue weighted by Gasteiger charge is 2.32. The molecule has 0 radical (unpaired) electrons. The number of hydrogen-bond acceptors (Lipinski definition) is 4. The lowest BCUT2D eigenvalue weighted by Crippen LogP contribution is -2.20. The van der Waals surface area contributed by atoms with Gasteiger partial charge in [0.15, 0.2) is 0 Å². The van der Waals surface area contributed by atoms with Crippen molar-refractivity contribution in [1.29, 1.82) is 0 Å². The maximum absolute atomic E-state index is 12.7. The molecular formula is C16H14ClF3N2O3S. The van der Waals surface area contributed by atoms with Crippen LogP contribution in [0.2, 0.25) is 5.02 Å². The van der Waals surface area contributed by atoms with Crippen molar-refractivity contribution in [1.82, 2.24) is 4.98 Å². The molecule has 1 aromatic carbocycles. The molecule has 0 aliphatic heterocycles. The standard InChI is InChI=1S/C16H14ClF3N2O3S/c1-8-2-9-3-12(4-10(9)5-14(8)26(23,24)25)22-15-13(17)6-11(7-21-15)16(18,19)20/h2,5-7,12H,3-4H2,1H3,(H,21,22)(H,23,24,25). The van der Waals surface area contributed by atoms with E-state index < -0.39 is 21.9 Å². The van der Waals surface area contributed by atoms with Gasteiger partial charge in [-0.15, -0.1) is 0 Å². The molecule has 1 aromatic heterocycles. The van der Waals surface area contributed by atoms with E-state index in [9.17, 15) is 26.1 Å². The second-order valence-electron chi connectivity index (χ2n) is 6.16. The van der Waals surface area contributed by atoms with E-state index in [-0.39, 0.29) is 21.8 Å². The average Bonchev–Trinajstić information content (AvgIpc) is 2.87. The summed E-state index contributed by atoms with van der Waals surface area (Å²) in [5.41, 5.74) is 1.13. The monoisotopic (exact) mass is 406 g/mol. The van der Waals surface area contributed by atoms with E-state index in [1.165, 1.54) is 6.07 Å². The molecule has 1 heterocycles. The van der Waals surface area contributed by atoms with Gasteiger partial charge in [-0.05, 0) is 48.6 Å². The van der Waals surface area contributed by atoms with Gasteiger partial charge in [-0.1, -0.05) is 17.7 Å². The first-order valence-electron chi connectivity index (χ1n) is 7.54. The van der Waals surface area contributed by atoms with Gasteiger partial charge in [-0.3, -0.25) is 4.55 Å². The predicted molar refractivity (Wildman–Crippen MR) is 90.1 cm³/mol. The molecule has 26 heavy (non-hydrogen) atoms. The van der Waals surface area contributed by atoms with Crippen LogP contribution in [0.3, 0.4) is 0 Å². The van der Waals surface area contributed by atoms with Crippen LogP contribution < -0.4 is 5.32 Å². The smallest absolute Gasteiger partial charge is 0.365 e. The highest BCUT2D eigenvalue weighted by atomic mass is 35.5. The van der Waals surface area contributed by atoms with E-state index in [1.807, 2.05) is 0 Å². The highest BCUT2D eigenvalue weighted by Crippen LogP contribution is 2.34. The molecule has 1 aliphatic rings. The van der Waals surface area contributed by atoms with E-state index >= 15 is 0 Å². The number of aromatic nitrogens is 1. The first-order chi connectivity index (χ1) is 11.9. The molecule has 0 bridgehead atoms. The summed E-state index contributed by atoms with van der Waals surface area (Å²) in [6, 6.07) is 3.70. The molecule has 0 spiro atoms. The van der Waals surface area contributed by atoms with Gasteiger partial charge in [0.05, 0.1) is 15.5 Å². The van der Waals surface area contributed by atoms with Crippen LogP contribution >= 0.6 is 11.6 Å². The average molecular weight is 407 g/mol. The van der Waals surface area contributed by atoms with Crippen molar-refractivity contribution in [2.45, 2.75) is 36.9 Å². The lowest BCUT2D eigenvalue weighted by Gasteiger charge is -2.15. The van der Waals surface area contributed by atoms with Crippen molar-refractivity contribution in [3.8, 4) is 0 Å². The number of benzene rings is 1. The Balaban J connectivity index is 1.81. The Morgan fingerprint density at radius 2 is 1.85 bits per heavy atom. The van der Waals surface area contributed by atoms with Crippen molar-refractivity contribution in [3.63, 3.8) is 0 Å². The molecular weight excluding hydrogens is 393 g/mol. The number of pyridine rings is 1. The maximum Gasteiger partial charge on any atom is 0.417 e. The second kappa shape index (κ2) is 6.40. The zero-order valence-corrected chi connectivity index (χ0v) is 15.0. The van der Waals surface area contributed by atoms with Crippen molar-refractivity contribution in [2.75, 3.05) is 5.32 Å². The normalized spacial score (nSPS) is 17.2. The predicted octanol–water partition coefficient (Wildman–Crippen LogP) is 3.89. The van der Waals surface area contributed by atoms with E-state index in [0.717, 1.165) is 17.2 Å². The second-order valence-corrected chi connectivity index (χ2v) is 7.96. The van der Waals surface area contributed by atoms with Crippen molar-refractivity contribution in [3.05, 3.63) is 51.7 Å². The van der Waals surface area contributed by atoms with Crippen molar-refractivity contribution >= 4 is 27.5 Å². The fraction of sp³-hybridized carbons (Fsp3) is 0.312. The molecule has 0 fully saturated rings. The zero-order valence-electron chi connectivity index (χ0n) is 13.4. The van der Waals surface area contributed by atoms with Crippen LogP contribution in [0.15, 0.2) is 29.3 Å². The first-order valence-corrected chi connectivity index (χ1v) is 9.36. The minimum absolute atomic E-state index is 0.129. The van der Waals surface area contributed by atoms with Gasteiger partial charge in [0, 0.05) is 12.2 Å². The summed E-state index contributed by atoms with van der Waals surface area (Å²) in [5, 5.41) is 2.84. The largest absolute Gasteiger partial charge is 0.417 e. The minimum Gasteiger partial charge on any atom is -0.365 e. The lowest BCUT2D eigenvalue weighted by molar-refractivity contribution is -0.137. The van der Waals surface area contributed by atoms with Crippen LogP contribution in [-0.4, -0.2) is 24.0 Å². The van der Waals surface area contributed by atoms with Gasteiger partial charge in [-0.25, -0.2) is 4.98 Å². The molecule has 5 nitrogen and oxygen atoms in total. The van der Waals surface area contributed by atoms with Gasteiger partial charge in [-0.2, -0.15) is 21.6 Å². The van der Waals surface area contributed by atoms with Crippen LogP contribution in [0.5, 0.6) is 0 Å². The summed E-state index contributed by atoms with van der Waals surface area (Å²) >= 11 is 5.90. The Morgan fingerprint density at radius 1 is 1.23 bits per heavy atom. The van der Waals surface area contributed by atoms with E-state index in [4.69, 9.17) is 11.6 Å². The van der Waals surface area contributed by atoms with Crippen LogP contribution in [0.1, 0.15) is 22.3 Å². The summed E-state index contributed by atoms with van der Waals surface area (Å²) in [4.78, 5) is 3.60. The molecule has 1 atom stereocenters. The molecule has 1 unspecified atom stereocenters. The van der Waals surface area contributed by atoms with Gasteiger partial charge in [0.2, 0.25) is 0 Å². The van der Waals surface area contributed by atoms with Gasteiger partial charge < -0.3 is 5.32 Å². The van der Waals surface area contributed by atoms with Gasteiger partial charge >= 0.3 is 6.18 Å². The summed E-state index contributed by atoms with van der Waals surface area (Å²) in [5.74, 6) is 0.129. The summed E-state index contributed by atoms with van der Waals surface area (Å²) in [7, 11) is -4.32. The third-order valence-electron chi connectivity index (χ3n) is 4.22. The number of anilines is 1. The number of hydrogen-bond donors (Lipinski definition) is 2. The minimum atomic E-state index is -4.53. The van der Waals surface area contributed by atoms with Gasteiger partial charge in [0.1, 0.15) is 5.82 Å². The number of nitrogens with one attached hydrogen (secondary N) is 1. The molecule has 10 heteroatoms. The summed E-state index contributed by atoms with van der Waals surface area (Å²) in [6.07, 6.45) is -2.86. The Kier molecular flexibility index (Phi) is 4.66. The number of nitrogens with zero attached hydrogens (tertiary/aromatic N) is 1. The Hall–Kier alpha value is -1.84. The topological polar surface area (TPSA) is 79.3 Å². The number of fused-ring (bicyclic) bond motifs is 1. The third kappa shape index (κ3) is 3.79. The van der Waals surface area contributed by atoms with Crippen LogP contribution in [0.4, 0.5) is 19.0 Å². The first kappa shape index (κ1) is 18.9. The van der Waals surface area contributed by atoms with Crippen LogP contribution in [0, 0.1) is 6.92 Å². The molecule has 0 amide bonds. The van der Waals surface area contributed by atoms with Crippen LogP contribution in [-0.2, 0) is 29.1 Å². The Bertz CT molecular complexity index is 977. The molecule has 3 rings (SSSR count). The van der Waals surface area contributed by atoms with E-state index in [2.05, 4.69) is 10.3 Å². The molecule has 0 saturated carbocycles. The van der Waals surface area contributed by atoms with E-state index in [0.29, 0.717) is 24.6 Å². The quantitative estimate of drug-likeness (QED) is 0.756. The Morgan fingerprint density at radius 3 is 2.38 bits per heavy atom. The number of alkyl halides is 3. The third-order valence-corrected chi connectivity index (χ3v) is 5.50. The highest BCUT2D eigenvalue weighted by molar-refractivity contribution is 7.85. The van der Waals surface area contributed by atoms with E-state index in [1.54, 1.807) is 13.0 Å². The van der Waals surface area contributed by atoms with Crippen LogP contribution in [0.25, 0.3) is 0 Å². The van der Waals surface area contributed by atoms with Gasteiger partial charge in [0.25, 0.3) is 10.1 Å². The summed E-state index contributed by atoms with van der Waals surface area (Å²) in [6.45, 7) is 1.58. The SMILES string of the molecule is Cc1cc2c(cc1S(=O)(=O)O)CC(Nc1ncc(C(F)(F)F)cc1Cl)C2.